The summed E-state index contributed by atoms with van der Waals surface area (Å²) in [6.07, 6.45) is 1.42. The van der Waals surface area contributed by atoms with Gasteiger partial charge in [0.15, 0.2) is 0 Å². The molecule has 0 spiro atoms. The number of hydrogen-bond donors (Lipinski definition) is 0. The van der Waals surface area contributed by atoms with Gasteiger partial charge in [0.25, 0.3) is 6.01 Å². The van der Waals surface area contributed by atoms with Crippen LogP contribution in [-0.2, 0) is 4.74 Å². The molecule has 1 aromatic heterocycles. The number of anilines is 1. The van der Waals surface area contributed by atoms with Crippen molar-refractivity contribution in [2.45, 2.75) is 6.92 Å². The summed E-state index contributed by atoms with van der Waals surface area (Å²) in [4.78, 5) is 19.8. The van der Waals surface area contributed by atoms with Crippen molar-refractivity contribution in [3.05, 3.63) is 12.0 Å². The molecule has 1 saturated heterocycles. The molecule has 1 aliphatic heterocycles. The summed E-state index contributed by atoms with van der Waals surface area (Å²) in [5.41, 5.74) is 0. The molecule has 0 aliphatic carbocycles. The van der Waals surface area contributed by atoms with Gasteiger partial charge in [0.1, 0.15) is 0 Å². The summed E-state index contributed by atoms with van der Waals surface area (Å²) in [5.74, 6) is -0.291. The Bertz CT molecular complexity index is 383. The molecule has 94 valence electrons. The van der Waals surface area contributed by atoms with Gasteiger partial charge in [-0.25, -0.2) is 9.78 Å². The summed E-state index contributed by atoms with van der Waals surface area (Å²) in [6, 6.07) is 0.501. The van der Waals surface area contributed by atoms with Crippen LogP contribution in [0.3, 0.4) is 0 Å². The topological polar surface area (TPSA) is 58.8 Å². The zero-order valence-corrected chi connectivity index (χ0v) is 10.2. The number of esters is 1. The number of hydrogen-bond acceptors (Lipinski definition) is 6. The van der Waals surface area contributed by atoms with Crippen LogP contribution in [0, 0.1) is 0 Å². The highest BCUT2D eigenvalue weighted by Crippen LogP contribution is 2.16. The van der Waals surface area contributed by atoms with Gasteiger partial charge in [-0.1, -0.05) is 0 Å². The van der Waals surface area contributed by atoms with Crippen LogP contribution >= 0.6 is 0 Å². The summed E-state index contributed by atoms with van der Waals surface area (Å²) in [6.45, 7) is 5.76. The Hall–Kier alpha value is -1.56. The molecule has 0 bridgehead atoms. The van der Waals surface area contributed by atoms with Crippen LogP contribution in [0.25, 0.3) is 0 Å². The number of rotatable bonds is 3. The van der Waals surface area contributed by atoms with Gasteiger partial charge in [0.05, 0.1) is 12.8 Å². The lowest BCUT2D eigenvalue weighted by molar-refractivity contribution is 0.0490. The van der Waals surface area contributed by atoms with E-state index in [2.05, 4.69) is 16.9 Å². The number of aromatic nitrogens is 1. The van der Waals surface area contributed by atoms with Gasteiger partial charge in [0, 0.05) is 26.2 Å². The fourth-order valence-corrected chi connectivity index (χ4v) is 1.71. The van der Waals surface area contributed by atoms with Crippen LogP contribution in [0.15, 0.2) is 10.6 Å². The number of likely N-dealkylation sites (N-methyl/N-ethyl adjacent to an activating group) is 1. The molecule has 0 unspecified atom stereocenters. The molecule has 0 amide bonds. The maximum Gasteiger partial charge on any atom is 0.376 e. The van der Waals surface area contributed by atoms with Crippen molar-refractivity contribution < 1.29 is 13.9 Å². The molecule has 6 nitrogen and oxygen atoms in total. The van der Waals surface area contributed by atoms with Crippen LogP contribution in [0.2, 0.25) is 0 Å². The Morgan fingerprint density at radius 3 is 2.82 bits per heavy atom. The molecule has 0 radical (unpaired) electrons. The lowest BCUT2D eigenvalue weighted by Crippen LogP contribution is -2.44. The molecule has 0 N–H and O–H groups in total. The van der Waals surface area contributed by atoms with E-state index in [1.54, 1.807) is 6.92 Å². The minimum absolute atomic E-state index is 0.167. The maximum atomic E-state index is 11.4. The predicted octanol–water partition coefficient (Wildman–Crippen LogP) is 0.603. The van der Waals surface area contributed by atoms with Gasteiger partial charge in [-0.15, -0.1) is 0 Å². The Kier molecular flexibility index (Phi) is 3.63. The third kappa shape index (κ3) is 2.76. The highest BCUT2D eigenvalue weighted by Gasteiger charge is 2.20. The van der Waals surface area contributed by atoms with E-state index in [0.717, 1.165) is 26.2 Å². The number of carbonyl (C=O) groups excluding carboxylic acids is 1. The fraction of sp³-hybridized carbons (Fsp3) is 0.636. The van der Waals surface area contributed by atoms with E-state index in [1.165, 1.54) is 6.20 Å². The average Bonchev–Trinajstić information content (AvgIpc) is 2.80. The first kappa shape index (κ1) is 11.9. The van der Waals surface area contributed by atoms with Gasteiger partial charge in [-0.3, -0.25) is 0 Å². The first-order chi connectivity index (χ1) is 8.20. The molecule has 1 aromatic rings. The van der Waals surface area contributed by atoms with Crippen LogP contribution in [0.4, 0.5) is 6.01 Å². The monoisotopic (exact) mass is 239 g/mol. The third-order valence-electron chi connectivity index (χ3n) is 2.74. The first-order valence-electron chi connectivity index (χ1n) is 5.77. The molecular weight excluding hydrogens is 222 g/mol. The van der Waals surface area contributed by atoms with Crippen LogP contribution in [0.1, 0.15) is 17.5 Å². The number of carbonyl (C=O) groups is 1. The minimum atomic E-state index is -0.458. The standard InChI is InChI=1S/C11H17N3O3/c1-3-16-10(15)9-8-12-11(17-9)14-6-4-13(2)5-7-14/h8H,3-7H2,1-2H3. The molecule has 1 aliphatic rings. The second kappa shape index (κ2) is 5.18. The van der Waals surface area contributed by atoms with Crippen LogP contribution in [-0.4, -0.2) is 55.7 Å². The lowest BCUT2D eigenvalue weighted by Gasteiger charge is -2.31. The first-order valence-corrected chi connectivity index (χ1v) is 5.77. The van der Waals surface area contributed by atoms with Crippen molar-refractivity contribution in [3.8, 4) is 0 Å². The maximum absolute atomic E-state index is 11.4. The zero-order valence-electron chi connectivity index (χ0n) is 10.2. The van der Waals surface area contributed by atoms with Crippen LogP contribution < -0.4 is 4.90 Å². The summed E-state index contributed by atoms with van der Waals surface area (Å²) in [5, 5.41) is 0. The number of piperazine rings is 1. The van der Waals surface area contributed by atoms with Gasteiger partial charge in [0.2, 0.25) is 5.76 Å². The van der Waals surface area contributed by atoms with Gasteiger partial charge < -0.3 is 19.0 Å². The normalized spacial score (nSPS) is 17.2. The van der Waals surface area contributed by atoms with Gasteiger partial charge in [-0.05, 0) is 14.0 Å². The van der Waals surface area contributed by atoms with E-state index >= 15 is 0 Å². The highest BCUT2D eigenvalue weighted by atomic mass is 16.5. The van der Waals surface area contributed by atoms with Crippen molar-refractivity contribution in [2.75, 3.05) is 44.7 Å². The number of ether oxygens (including phenoxy) is 1. The molecule has 6 heteroatoms. The van der Waals surface area contributed by atoms with Crippen molar-refractivity contribution in [2.24, 2.45) is 0 Å². The predicted molar refractivity (Wildman–Crippen MR) is 62.2 cm³/mol. The van der Waals surface area contributed by atoms with Crippen molar-refractivity contribution in [1.29, 1.82) is 0 Å². The largest absolute Gasteiger partial charge is 0.460 e. The van der Waals surface area contributed by atoms with Gasteiger partial charge >= 0.3 is 5.97 Å². The van der Waals surface area contributed by atoms with Crippen molar-refractivity contribution in [1.82, 2.24) is 9.88 Å². The Labute approximate surface area is 100 Å². The SMILES string of the molecule is CCOC(=O)c1cnc(N2CCN(C)CC2)o1. The second-order valence-electron chi connectivity index (χ2n) is 4.02. The minimum Gasteiger partial charge on any atom is -0.460 e. The number of oxazole rings is 1. The van der Waals surface area contributed by atoms with Crippen molar-refractivity contribution >= 4 is 12.0 Å². The van der Waals surface area contributed by atoms with E-state index in [9.17, 15) is 4.79 Å². The molecule has 2 heterocycles. The molecular formula is C11H17N3O3. The Balaban J connectivity index is 2.00. The summed E-state index contributed by atoms with van der Waals surface area (Å²) in [7, 11) is 2.08. The quantitative estimate of drug-likeness (QED) is 0.720. The molecule has 0 saturated carbocycles. The van der Waals surface area contributed by atoms with Crippen LogP contribution in [0.5, 0.6) is 0 Å². The molecule has 2 rings (SSSR count). The molecule has 0 atom stereocenters. The second-order valence-corrected chi connectivity index (χ2v) is 4.02. The van der Waals surface area contributed by atoms with E-state index in [1.807, 2.05) is 4.90 Å². The molecule has 0 aromatic carbocycles. The van der Waals surface area contributed by atoms with E-state index in [-0.39, 0.29) is 5.76 Å². The zero-order chi connectivity index (χ0) is 12.3. The number of nitrogens with zero attached hydrogens (tertiary/aromatic N) is 3. The van der Waals surface area contributed by atoms with Crippen molar-refractivity contribution in [3.63, 3.8) is 0 Å². The molecule has 1 fully saturated rings. The molecule has 17 heavy (non-hydrogen) atoms. The highest BCUT2D eigenvalue weighted by molar-refractivity contribution is 5.86. The van der Waals surface area contributed by atoms with E-state index in [0.29, 0.717) is 12.6 Å². The fourth-order valence-electron chi connectivity index (χ4n) is 1.71. The van der Waals surface area contributed by atoms with E-state index < -0.39 is 5.97 Å². The average molecular weight is 239 g/mol. The third-order valence-corrected chi connectivity index (χ3v) is 2.74. The lowest BCUT2D eigenvalue weighted by atomic mass is 10.3. The summed E-state index contributed by atoms with van der Waals surface area (Å²) < 4.78 is 10.2. The Morgan fingerprint density at radius 2 is 2.18 bits per heavy atom. The summed E-state index contributed by atoms with van der Waals surface area (Å²) >= 11 is 0. The smallest absolute Gasteiger partial charge is 0.376 e. The Morgan fingerprint density at radius 1 is 1.47 bits per heavy atom. The van der Waals surface area contributed by atoms with E-state index in [4.69, 9.17) is 9.15 Å². The van der Waals surface area contributed by atoms with Gasteiger partial charge in [-0.2, -0.15) is 0 Å².